The van der Waals surface area contributed by atoms with Gasteiger partial charge in [0, 0.05) is 0 Å². The number of hydrogen-bond donors (Lipinski definition) is 1. The first-order valence-electron chi connectivity index (χ1n) is 11.3. The van der Waals surface area contributed by atoms with E-state index in [0.717, 1.165) is 42.4 Å². The van der Waals surface area contributed by atoms with E-state index in [-0.39, 0.29) is 5.60 Å². The summed E-state index contributed by atoms with van der Waals surface area (Å²) >= 11 is 0. The lowest BCUT2D eigenvalue weighted by Crippen LogP contribution is -2.57. The molecule has 5 aliphatic rings. The van der Waals surface area contributed by atoms with Crippen LogP contribution in [-0.4, -0.2) is 10.7 Å². The summed E-state index contributed by atoms with van der Waals surface area (Å²) in [4.78, 5) is 0. The van der Waals surface area contributed by atoms with Gasteiger partial charge in [-0.05, 0) is 125 Å². The Balaban J connectivity index is 1.50. The second-order valence-corrected chi connectivity index (χ2v) is 11.0. The van der Waals surface area contributed by atoms with E-state index in [1.54, 1.807) is 5.57 Å². The molecule has 0 aromatic rings. The van der Waals surface area contributed by atoms with Gasteiger partial charge in [0.1, 0.15) is 0 Å². The van der Waals surface area contributed by atoms with Crippen LogP contribution in [0.1, 0.15) is 91.4 Å². The molecule has 0 radical (unpaired) electrons. The second-order valence-electron chi connectivity index (χ2n) is 11.0. The average molecular weight is 343 g/mol. The molecular weight excluding hydrogens is 304 g/mol. The SMILES string of the molecule is C/C=C1/CC[C@H]2[C@@H]3CC[C@@H]4C[C@](C)(O)CC[C@]4(C4CC4)[C@H]3CC[C@]12C. The van der Waals surface area contributed by atoms with E-state index in [2.05, 4.69) is 26.8 Å². The smallest absolute Gasteiger partial charge is 0.0622 e. The van der Waals surface area contributed by atoms with Crippen LogP contribution in [0.2, 0.25) is 0 Å². The molecule has 0 unspecified atom stereocenters. The Bertz CT molecular complexity index is 585. The molecule has 5 rings (SSSR count). The molecule has 25 heavy (non-hydrogen) atoms. The molecule has 0 heterocycles. The van der Waals surface area contributed by atoms with Crippen molar-refractivity contribution < 1.29 is 5.11 Å². The van der Waals surface area contributed by atoms with Crippen LogP contribution < -0.4 is 0 Å². The van der Waals surface area contributed by atoms with E-state index < -0.39 is 0 Å². The molecule has 0 saturated heterocycles. The highest BCUT2D eigenvalue weighted by Crippen LogP contribution is 2.72. The van der Waals surface area contributed by atoms with Crippen LogP contribution in [0.4, 0.5) is 0 Å². The zero-order valence-electron chi connectivity index (χ0n) is 16.7. The molecule has 5 aliphatic carbocycles. The van der Waals surface area contributed by atoms with Crippen LogP contribution in [0.15, 0.2) is 11.6 Å². The van der Waals surface area contributed by atoms with Crippen molar-refractivity contribution in [2.24, 2.45) is 40.4 Å². The highest BCUT2D eigenvalue weighted by atomic mass is 16.3. The predicted molar refractivity (Wildman–Crippen MR) is 103 cm³/mol. The summed E-state index contributed by atoms with van der Waals surface area (Å²) in [5.41, 5.74) is 2.54. The highest BCUT2D eigenvalue weighted by Gasteiger charge is 2.64. The first kappa shape index (κ1) is 16.8. The van der Waals surface area contributed by atoms with E-state index in [0.29, 0.717) is 10.8 Å². The summed E-state index contributed by atoms with van der Waals surface area (Å²) in [5.74, 6) is 4.74. The van der Waals surface area contributed by atoms with Gasteiger partial charge in [-0.3, -0.25) is 0 Å². The lowest BCUT2D eigenvalue weighted by Gasteiger charge is -2.63. The largest absolute Gasteiger partial charge is 0.390 e. The number of aliphatic hydroxyl groups is 1. The minimum atomic E-state index is -0.384. The molecule has 0 aromatic heterocycles. The number of fused-ring (bicyclic) bond motifs is 5. The molecule has 1 N–H and O–H groups in total. The maximum absolute atomic E-state index is 10.8. The summed E-state index contributed by atoms with van der Waals surface area (Å²) in [7, 11) is 0. The quantitative estimate of drug-likeness (QED) is 0.569. The summed E-state index contributed by atoms with van der Waals surface area (Å²) in [6.07, 6.45) is 17.5. The van der Waals surface area contributed by atoms with Gasteiger partial charge in [0.25, 0.3) is 0 Å². The molecular formula is C24H38O. The monoisotopic (exact) mass is 342 g/mol. The lowest BCUT2D eigenvalue weighted by molar-refractivity contribution is -0.158. The van der Waals surface area contributed by atoms with E-state index in [9.17, 15) is 5.11 Å². The van der Waals surface area contributed by atoms with E-state index in [1.165, 1.54) is 57.8 Å². The molecule has 1 nitrogen and oxygen atoms in total. The fourth-order valence-corrected chi connectivity index (χ4v) is 8.91. The minimum Gasteiger partial charge on any atom is -0.390 e. The topological polar surface area (TPSA) is 20.2 Å². The number of hydrogen-bond acceptors (Lipinski definition) is 1. The van der Waals surface area contributed by atoms with Crippen molar-refractivity contribution in [2.75, 3.05) is 0 Å². The van der Waals surface area contributed by atoms with Gasteiger partial charge in [-0.25, -0.2) is 0 Å². The van der Waals surface area contributed by atoms with Crippen molar-refractivity contribution in [3.63, 3.8) is 0 Å². The third kappa shape index (κ3) is 2.23. The van der Waals surface area contributed by atoms with Gasteiger partial charge >= 0.3 is 0 Å². The Kier molecular flexibility index (Phi) is 3.62. The first-order valence-corrected chi connectivity index (χ1v) is 11.3. The number of allylic oxidation sites excluding steroid dienone is 2. The van der Waals surface area contributed by atoms with Crippen LogP contribution >= 0.6 is 0 Å². The van der Waals surface area contributed by atoms with Crippen LogP contribution in [0.5, 0.6) is 0 Å². The molecule has 0 aromatic carbocycles. The van der Waals surface area contributed by atoms with E-state index in [4.69, 9.17) is 0 Å². The van der Waals surface area contributed by atoms with Crippen LogP contribution in [-0.2, 0) is 0 Å². The molecule has 7 atom stereocenters. The molecule has 1 heteroatoms. The molecule has 0 amide bonds. The van der Waals surface area contributed by atoms with Gasteiger partial charge < -0.3 is 5.11 Å². The predicted octanol–water partition coefficient (Wildman–Crippen LogP) is 6.12. The molecule has 5 fully saturated rings. The average Bonchev–Trinajstić information content (AvgIpc) is 3.36. The Morgan fingerprint density at radius 1 is 0.880 bits per heavy atom. The van der Waals surface area contributed by atoms with Crippen molar-refractivity contribution >= 4 is 0 Å². The van der Waals surface area contributed by atoms with Crippen molar-refractivity contribution in [1.29, 1.82) is 0 Å². The summed E-state index contributed by atoms with van der Waals surface area (Å²) in [6, 6.07) is 0. The molecule has 140 valence electrons. The number of rotatable bonds is 1. The molecule has 0 bridgehead atoms. The Morgan fingerprint density at radius 2 is 1.64 bits per heavy atom. The van der Waals surface area contributed by atoms with Gasteiger partial charge in [0.05, 0.1) is 5.60 Å². The zero-order valence-corrected chi connectivity index (χ0v) is 16.7. The lowest BCUT2D eigenvalue weighted by atomic mass is 9.42. The van der Waals surface area contributed by atoms with E-state index >= 15 is 0 Å². The van der Waals surface area contributed by atoms with Crippen molar-refractivity contribution in [3.05, 3.63) is 11.6 Å². The molecule has 0 aliphatic heterocycles. The van der Waals surface area contributed by atoms with E-state index in [1.807, 2.05) is 0 Å². The van der Waals surface area contributed by atoms with Crippen molar-refractivity contribution in [2.45, 2.75) is 97.0 Å². The second kappa shape index (κ2) is 5.37. The van der Waals surface area contributed by atoms with Gasteiger partial charge in [-0.2, -0.15) is 0 Å². The fourth-order valence-electron chi connectivity index (χ4n) is 8.91. The van der Waals surface area contributed by atoms with Gasteiger partial charge in [-0.15, -0.1) is 0 Å². The zero-order chi connectivity index (χ0) is 17.4. The molecule has 5 saturated carbocycles. The molecule has 0 spiro atoms. The standard InChI is InChI=1S/C24H38O/c1-4-16-8-10-20-19-9-7-18-15-22(2,25)13-14-24(18,17-5-6-17)21(19)11-12-23(16,20)3/h4,17-21,25H,5-15H2,1-3H3/b16-4-/t18-,19+,20+,21+,22-,23-,24-/m1/s1. The summed E-state index contributed by atoms with van der Waals surface area (Å²) < 4.78 is 0. The van der Waals surface area contributed by atoms with Gasteiger partial charge in [0.2, 0.25) is 0 Å². The third-order valence-electron chi connectivity index (χ3n) is 10.1. The maximum atomic E-state index is 10.8. The first-order chi connectivity index (χ1) is 11.9. The van der Waals surface area contributed by atoms with Crippen molar-refractivity contribution in [1.82, 2.24) is 0 Å². The Morgan fingerprint density at radius 3 is 2.36 bits per heavy atom. The Hall–Kier alpha value is -0.300. The maximum Gasteiger partial charge on any atom is 0.0622 e. The minimum absolute atomic E-state index is 0.384. The van der Waals surface area contributed by atoms with Crippen molar-refractivity contribution in [3.8, 4) is 0 Å². The summed E-state index contributed by atoms with van der Waals surface area (Å²) in [5, 5.41) is 10.8. The van der Waals surface area contributed by atoms with Crippen LogP contribution in [0.25, 0.3) is 0 Å². The van der Waals surface area contributed by atoms with Gasteiger partial charge in [0.15, 0.2) is 0 Å². The van der Waals surface area contributed by atoms with Crippen LogP contribution in [0, 0.1) is 40.4 Å². The fraction of sp³-hybridized carbons (Fsp3) is 0.917. The Labute approximate surface area is 154 Å². The normalized spacial score (nSPS) is 57.0. The van der Waals surface area contributed by atoms with Crippen LogP contribution in [0.3, 0.4) is 0 Å². The van der Waals surface area contributed by atoms with Gasteiger partial charge in [-0.1, -0.05) is 18.6 Å². The third-order valence-corrected chi connectivity index (χ3v) is 10.1. The highest BCUT2D eigenvalue weighted by molar-refractivity contribution is 5.24. The summed E-state index contributed by atoms with van der Waals surface area (Å²) in [6.45, 7) is 7.00.